The summed E-state index contributed by atoms with van der Waals surface area (Å²) in [5, 5.41) is 0. The molecular formula is C23H28. The SMILES string of the molecule is C/C(=C\c1ccc2c(c1)C(C)(C)CCC2(C)C)c1ccccc1. The van der Waals surface area contributed by atoms with Crippen LogP contribution in [0.15, 0.2) is 48.5 Å². The Morgan fingerprint density at radius 3 is 2.09 bits per heavy atom. The summed E-state index contributed by atoms with van der Waals surface area (Å²) in [5.41, 5.74) is 7.56. The quantitative estimate of drug-likeness (QED) is 0.548. The van der Waals surface area contributed by atoms with E-state index in [0.717, 1.165) is 0 Å². The van der Waals surface area contributed by atoms with Gasteiger partial charge in [-0.1, -0.05) is 82.3 Å². The molecule has 0 unspecified atom stereocenters. The van der Waals surface area contributed by atoms with Crippen molar-refractivity contribution in [1.29, 1.82) is 0 Å². The van der Waals surface area contributed by atoms with Crippen molar-refractivity contribution in [3.63, 3.8) is 0 Å². The average molecular weight is 304 g/mol. The number of allylic oxidation sites excluding steroid dienone is 1. The lowest BCUT2D eigenvalue weighted by atomic mass is 9.63. The lowest BCUT2D eigenvalue weighted by Crippen LogP contribution is -2.33. The fraction of sp³-hybridized carbons (Fsp3) is 0.391. The number of hydrogen-bond acceptors (Lipinski definition) is 0. The molecule has 0 amide bonds. The van der Waals surface area contributed by atoms with Gasteiger partial charge in [0.1, 0.15) is 0 Å². The largest absolute Gasteiger partial charge is 0.0622 e. The van der Waals surface area contributed by atoms with Gasteiger partial charge in [-0.2, -0.15) is 0 Å². The van der Waals surface area contributed by atoms with E-state index in [9.17, 15) is 0 Å². The third-order valence-corrected chi connectivity index (χ3v) is 5.49. The Morgan fingerprint density at radius 2 is 1.43 bits per heavy atom. The van der Waals surface area contributed by atoms with Gasteiger partial charge in [0, 0.05) is 0 Å². The average Bonchev–Trinajstić information content (AvgIpc) is 2.53. The van der Waals surface area contributed by atoms with E-state index in [0.29, 0.717) is 5.41 Å². The molecule has 3 rings (SSSR count). The molecule has 0 fully saturated rings. The van der Waals surface area contributed by atoms with Crippen LogP contribution in [0.2, 0.25) is 0 Å². The summed E-state index contributed by atoms with van der Waals surface area (Å²) < 4.78 is 0. The summed E-state index contributed by atoms with van der Waals surface area (Å²) in [6.45, 7) is 11.7. The predicted octanol–water partition coefficient (Wildman–Crippen LogP) is 6.60. The molecule has 0 aromatic heterocycles. The van der Waals surface area contributed by atoms with Gasteiger partial charge in [0.15, 0.2) is 0 Å². The summed E-state index contributed by atoms with van der Waals surface area (Å²) in [7, 11) is 0. The van der Waals surface area contributed by atoms with E-state index in [4.69, 9.17) is 0 Å². The highest BCUT2D eigenvalue weighted by Crippen LogP contribution is 2.46. The smallest absolute Gasteiger partial charge is 0.0100 e. The first-order chi connectivity index (χ1) is 10.8. The number of rotatable bonds is 2. The van der Waals surface area contributed by atoms with Gasteiger partial charge in [0.25, 0.3) is 0 Å². The first-order valence-electron chi connectivity index (χ1n) is 8.68. The molecule has 23 heavy (non-hydrogen) atoms. The molecule has 0 saturated carbocycles. The molecule has 0 atom stereocenters. The minimum atomic E-state index is 0.273. The molecule has 0 heteroatoms. The van der Waals surface area contributed by atoms with E-state index in [2.05, 4.69) is 89.2 Å². The lowest BCUT2D eigenvalue weighted by molar-refractivity contribution is 0.332. The van der Waals surface area contributed by atoms with E-state index in [-0.39, 0.29) is 5.41 Å². The molecule has 120 valence electrons. The molecular weight excluding hydrogens is 276 g/mol. The van der Waals surface area contributed by atoms with E-state index in [1.807, 2.05) is 0 Å². The Hall–Kier alpha value is -1.82. The summed E-state index contributed by atoms with van der Waals surface area (Å²) in [6.07, 6.45) is 4.84. The standard InChI is InChI=1S/C23H28/c1-17(19-9-7-6-8-10-19)15-18-11-12-20-21(16-18)23(4,5)14-13-22(20,2)3/h6-12,15-16H,13-14H2,1-5H3/b17-15+. The van der Waals surface area contributed by atoms with E-state index < -0.39 is 0 Å². The van der Waals surface area contributed by atoms with Gasteiger partial charge in [0.05, 0.1) is 0 Å². The molecule has 0 nitrogen and oxygen atoms in total. The van der Waals surface area contributed by atoms with Crippen molar-refractivity contribution in [2.45, 2.75) is 58.3 Å². The summed E-state index contributed by atoms with van der Waals surface area (Å²) in [4.78, 5) is 0. The molecule has 0 bridgehead atoms. The van der Waals surface area contributed by atoms with E-state index in [1.165, 1.54) is 40.7 Å². The van der Waals surface area contributed by atoms with Crippen molar-refractivity contribution < 1.29 is 0 Å². The molecule has 2 aromatic rings. The highest BCUT2D eigenvalue weighted by molar-refractivity contribution is 5.80. The normalized spacial score (nSPS) is 19.3. The van der Waals surface area contributed by atoms with Gasteiger partial charge >= 0.3 is 0 Å². The lowest BCUT2D eigenvalue weighted by Gasteiger charge is -2.42. The Morgan fingerprint density at radius 1 is 0.826 bits per heavy atom. The zero-order valence-corrected chi connectivity index (χ0v) is 15.1. The minimum Gasteiger partial charge on any atom is -0.0622 e. The molecule has 0 radical (unpaired) electrons. The van der Waals surface area contributed by atoms with Crippen molar-refractivity contribution in [3.8, 4) is 0 Å². The van der Waals surface area contributed by atoms with Crippen LogP contribution >= 0.6 is 0 Å². The van der Waals surface area contributed by atoms with Crippen LogP contribution in [0.5, 0.6) is 0 Å². The van der Waals surface area contributed by atoms with Gasteiger partial charge in [-0.05, 0) is 58.4 Å². The highest BCUT2D eigenvalue weighted by Gasteiger charge is 2.36. The zero-order chi connectivity index (χ0) is 16.7. The van der Waals surface area contributed by atoms with Gasteiger partial charge in [0.2, 0.25) is 0 Å². The fourth-order valence-electron chi connectivity index (χ4n) is 3.73. The molecule has 0 heterocycles. The van der Waals surface area contributed by atoms with E-state index in [1.54, 1.807) is 0 Å². The van der Waals surface area contributed by atoms with Gasteiger partial charge in [-0.3, -0.25) is 0 Å². The van der Waals surface area contributed by atoms with Crippen molar-refractivity contribution in [1.82, 2.24) is 0 Å². The number of fused-ring (bicyclic) bond motifs is 1. The van der Waals surface area contributed by atoms with E-state index >= 15 is 0 Å². The Balaban J connectivity index is 2.04. The minimum absolute atomic E-state index is 0.273. The second-order valence-corrected chi connectivity index (χ2v) is 8.27. The van der Waals surface area contributed by atoms with Crippen molar-refractivity contribution in [2.75, 3.05) is 0 Å². The molecule has 0 N–H and O–H groups in total. The van der Waals surface area contributed by atoms with Crippen LogP contribution in [0.3, 0.4) is 0 Å². The van der Waals surface area contributed by atoms with Crippen LogP contribution in [0.1, 0.15) is 69.7 Å². The molecule has 0 spiro atoms. The highest BCUT2D eigenvalue weighted by atomic mass is 14.4. The third kappa shape index (κ3) is 3.13. The molecule has 2 aromatic carbocycles. The summed E-state index contributed by atoms with van der Waals surface area (Å²) in [6, 6.07) is 17.7. The van der Waals surface area contributed by atoms with Gasteiger partial charge in [-0.25, -0.2) is 0 Å². The zero-order valence-electron chi connectivity index (χ0n) is 15.1. The monoisotopic (exact) mass is 304 g/mol. The maximum absolute atomic E-state index is 2.42. The Bertz CT molecular complexity index is 730. The second-order valence-electron chi connectivity index (χ2n) is 8.27. The fourth-order valence-corrected chi connectivity index (χ4v) is 3.73. The topological polar surface area (TPSA) is 0 Å². The first kappa shape index (κ1) is 16.1. The van der Waals surface area contributed by atoms with Gasteiger partial charge < -0.3 is 0 Å². The molecule has 1 aliphatic rings. The van der Waals surface area contributed by atoms with Crippen LogP contribution in [0.25, 0.3) is 11.6 Å². The molecule has 0 aliphatic heterocycles. The van der Waals surface area contributed by atoms with Gasteiger partial charge in [-0.15, -0.1) is 0 Å². The predicted molar refractivity (Wildman–Crippen MR) is 102 cm³/mol. The van der Waals surface area contributed by atoms with Crippen molar-refractivity contribution in [3.05, 3.63) is 70.8 Å². The Kier molecular flexibility index (Phi) is 3.96. The molecule has 1 aliphatic carbocycles. The van der Waals surface area contributed by atoms with Crippen molar-refractivity contribution >= 4 is 11.6 Å². The number of hydrogen-bond donors (Lipinski definition) is 0. The second kappa shape index (κ2) is 5.67. The van der Waals surface area contributed by atoms with Crippen LogP contribution < -0.4 is 0 Å². The van der Waals surface area contributed by atoms with Crippen LogP contribution in [-0.2, 0) is 10.8 Å². The Labute approximate surface area is 141 Å². The van der Waals surface area contributed by atoms with Crippen molar-refractivity contribution in [2.24, 2.45) is 0 Å². The van der Waals surface area contributed by atoms with Crippen LogP contribution in [0, 0.1) is 0 Å². The first-order valence-corrected chi connectivity index (χ1v) is 8.68. The summed E-state index contributed by atoms with van der Waals surface area (Å²) in [5.74, 6) is 0. The van der Waals surface area contributed by atoms with Crippen LogP contribution in [-0.4, -0.2) is 0 Å². The molecule has 0 saturated heterocycles. The summed E-state index contributed by atoms with van der Waals surface area (Å²) >= 11 is 0. The van der Waals surface area contributed by atoms with Crippen LogP contribution in [0.4, 0.5) is 0 Å². The maximum Gasteiger partial charge on any atom is -0.0100 e. The number of benzene rings is 2. The maximum atomic E-state index is 2.42. The third-order valence-electron chi connectivity index (χ3n) is 5.49.